The molecule has 134 valence electrons. The third-order valence-electron chi connectivity index (χ3n) is 4.18. The van der Waals surface area contributed by atoms with Crippen molar-refractivity contribution in [1.82, 2.24) is 9.97 Å². The lowest BCUT2D eigenvalue weighted by molar-refractivity contribution is -0.139. The number of amides is 1. The third kappa shape index (κ3) is 2.97. The van der Waals surface area contributed by atoms with Gasteiger partial charge in [-0.3, -0.25) is 14.6 Å². The minimum atomic E-state index is -0.603. The lowest BCUT2D eigenvalue weighted by Crippen LogP contribution is -2.11. The van der Waals surface area contributed by atoms with Crippen LogP contribution in [-0.2, 0) is 25.5 Å². The van der Waals surface area contributed by atoms with Gasteiger partial charge in [-0.1, -0.05) is 0 Å². The Morgan fingerprint density at radius 3 is 2.73 bits per heavy atom. The van der Waals surface area contributed by atoms with Crippen molar-refractivity contribution in [2.24, 2.45) is 0 Å². The summed E-state index contributed by atoms with van der Waals surface area (Å²) in [5.74, 6) is -1.38. The molecule has 0 spiro atoms. The Morgan fingerprint density at radius 2 is 2.04 bits per heavy atom. The monoisotopic (exact) mass is 355 g/mol. The van der Waals surface area contributed by atoms with E-state index in [1.807, 2.05) is 0 Å². The molecule has 0 unspecified atom stereocenters. The fraction of sp³-hybridized carbons (Fsp3) is 0.222. The maximum absolute atomic E-state index is 12.3. The van der Waals surface area contributed by atoms with Crippen molar-refractivity contribution in [1.29, 1.82) is 0 Å². The van der Waals surface area contributed by atoms with Crippen molar-refractivity contribution in [2.45, 2.75) is 13.3 Å². The summed E-state index contributed by atoms with van der Waals surface area (Å²) in [6.45, 7) is 1.74. The van der Waals surface area contributed by atoms with Crippen molar-refractivity contribution in [2.75, 3.05) is 19.5 Å². The molecule has 0 radical (unpaired) electrons. The van der Waals surface area contributed by atoms with Crippen molar-refractivity contribution in [3.05, 3.63) is 46.5 Å². The van der Waals surface area contributed by atoms with E-state index >= 15 is 0 Å². The molecule has 0 fully saturated rings. The van der Waals surface area contributed by atoms with E-state index in [0.29, 0.717) is 33.8 Å². The van der Waals surface area contributed by atoms with E-state index < -0.39 is 11.9 Å². The first-order chi connectivity index (χ1) is 12.5. The number of methoxy groups -OCH3 is 2. The SMILES string of the molecule is COC(=O)Cc1c(C)[nH]c(C=C2C(=O)Nc3cnccc32)c1C(=O)OC. The van der Waals surface area contributed by atoms with Crippen LogP contribution in [-0.4, -0.2) is 42.0 Å². The number of H-pyrrole nitrogens is 1. The molecule has 0 atom stereocenters. The first-order valence-electron chi connectivity index (χ1n) is 7.80. The first-order valence-corrected chi connectivity index (χ1v) is 7.80. The second kappa shape index (κ2) is 6.83. The molecule has 26 heavy (non-hydrogen) atoms. The first kappa shape index (κ1) is 17.4. The van der Waals surface area contributed by atoms with Gasteiger partial charge < -0.3 is 19.8 Å². The molecule has 2 aromatic rings. The van der Waals surface area contributed by atoms with Crippen LogP contribution < -0.4 is 5.32 Å². The molecule has 0 aliphatic carbocycles. The highest BCUT2D eigenvalue weighted by Crippen LogP contribution is 2.33. The number of aromatic amines is 1. The number of hydrogen-bond donors (Lipinski definition) is 2. The van der Waals surface area contributed by atoms with E-state index in [0.717, 1.165) is 0 Å². The number of ether oxygens (including phenoxy) is 2. The number of nitrogens with zero attached hydrogens (tertiary/aromatic N) is 1. The number of fused-ring (bicyclic) bond motifs is 1. The normalized spacial score (nSPS) is 14.1. The Balaban J connectivity index is 2.14. The average Bonchev–Trinajstić information content (AvgIpc) is 3.11. The second-order valence-electron chi connectivity index (χ2n) is 5.70. The number of aryl methyl sites for hydroxylation is 1. The summed E-state index contributed by atoms with van der Waals surface area (Å²) in [7, 11) is 2.53. The summed E-state index contributed by atoms with van der Waals surface area (Å²) >= 11 is 0. The maximum Gasteiger partial charge on any atom is 0.340 e. The maximum atomic E-state index is 12.3. The minimum Gasteiger partial charge on any atom is -0.469 e. The quantitative estimate of drug-likeness (QED) is 0.638. The molecule has 1 aliphatic heterocycles. The molecule has 1 amide bonds. The smallest absolute Gasteiger partial charge is 0.340 e. The molecular formula is C18H17N3O5. The fourth-order valence-electron chi connectivity index (χ4n) is 2.90. The van der Waals surface area contributed by atoms with Gasteiger partial charge >= 0.3 is 11.9 Å². The van der Waals surface area contributed by atoms with Crippen LogP contribution in [0.1, 0.15) is 32.9 Å². The number of hydrogen-bond acceptors (Lipinski definition) is 6. The number of nitrogens with one attached hydrogen (secondary N) is 2. The summed E-state index contributed by atoms with van der Waals surface area (Å²) in [6.07, 6.45) is 4.62. The van der Waals surface area contributed by atoms with Gasteiger partial charge in [0.2, 0.25) is 0 Å². The van der Waals surface area contributed by atoms with E-state index in [9.17, 15) is 14.4 Å². The number of carbonyl (C=O) groups excluding carboxylic acids is 3. The Bertz CT molecular complexity index is 942. The molecule has 0 bridgehead atoms. The molecule has 0 saturated carbocycles. The van der Waals surface area contributed by atoms with Crippen LogP contribution in [0.5, 0.6) is 0 Å². The van der Waals surface area contributed by atoms with Gasteiger partial charge in [0, 0.05) is 17.5 Å². The highest BCUT2D eigenvalue weighted by atomic mass is 16.5. The number of anilines is 1. The van der Waals surface area contributed by atoms with Gasteiger partial charge in [0.25, 0.3) is 5.91 Å². The van der Waals surface area contributed by atoms with Crippen molar-refractivity contribution >= 4 is 35.2 Å². The van der Waals surface area contributed by atoms with E-state index in [1.165, 1.54) is 14.2 Å². The number of carbonyl (C=O) groups is 3. The Labute approximate surface area is 149 Å². The zero-order chi connectivity index (χ0) is 18.8. The Hall–Kier alpha value is -3.42. The average molecular weight is 355 g/mol. The lowest BCUT2D eigenvalue weighted by Gasteiger charge is -2.04. The predicted molar refractivity (Wildman–Crippen MR) is 93.3 cm³/mol. The fourth-order valence-corrected chi connectivity index (χ4v) is 2.90. The summed E-state index contributed by atoms with van der Waals surface area (Å²) in [6, 6.07) is 1.71. The van der Waals surface area contributed by atoms with Crippen LogP contribution in [0.25, 0.3) is 11.6 Å². The highest BCUT2D eigenvalue weighted by Gasteiger charge is 2.27. The molecule has 0 aromatic carbocycles. The van der Waals surface area contributed by atoms with Crippen molar-refractivity contribution in [3.8, 4) is 0 Å². The van der Waals surface area contributed by atoms with Crippen molar-refractivity contribution < 1.29 is 23.9 Å². The topological polar surface area (TPSA) is 110 Å². The van der Waals surface area contributed by atoms with Gasteiger partial charge in [0.1, 0.15) is 0 Å². The molecule has 8 nitrogen and oxygen atoms in total. The van der Waals surface area contributed by atoms with Gasteiger partial charge in [-0.15, -0.1) is 0 Å². The summed E-state index contributed by atoms with van der Waals surface area (Å²) in [5, 5.41) is 2.72. The van der Waals surface area contributed by atoms with Crippen LogP contribution in [0, 0.1) is 6.92 Å². The zero-order valence-electron chi connectivity index (χ0n) is 14.5. The molecule has 3 heterocycles. The van der Waals surface area contributed by atoms with Crippen LogP contribution in [0.2, 0.25) is 0 Å². The molecule has 2 aromatic heterocycles. The van der Waals surface area contributed by atoms with E-state index in [-0.39, 0.29) is 17.9 Å². The van der Waals surface area contributed by atoms with Gasteiger partial charge in [-0.25, -0.2) is 4.79 Å². The van der Waals surface area contributed by atoms with Gasteiger partial charge in [0.15, 0.2) is 0 Å². The van der Waals surface area contributed by atoms with Crippen LogP contribution in [0.3, 0.4) is 0 Å². The summed E-state index contributed by atoms with van der Waals surface area (Å²) in [4.78, 5) is 43.3. The number of pyridine rings is 1. The van der Waals surface area contributed by atoms with E-state index in [1.54, 1.807) is 31.5 Å². The second-order valence-corrected chi connectivity index (χ2v) is 5.70. The molecule has 2 N–H and O–H groups in total. The zero-order valence-corrected chi connectivity index (χ0v) is 14.5. The molecule has 1 aliphatic rings. The number of rotatable bonds is 4. The van der Waals surface area contributed by atoms with Gasteiger partial charge in [-0.05, 0) is 24.6 Å². The van der Waals surface area contributed by atoms with Crippen LogP contribution in [0.15, 0.2) is 18.5 Å². The summed E-state index contributed by atoms with van der Waals surface area (Å²) in [5.41, 5.74) is 3.36. The van der Waals surface area contributed by atoms with Crippen LogP contribution >= 0.6 is 0 Å². The predicted octanol–water partition coefficient (Wildman–Crippen LogP) is 1.71. The van der Waals surface area contributed by atoms with Crippen LogP contribution in [0.4, 0.5) is 5.69 Å². The Morgan fingerprint density at radius 1 is 1.27 bits per heavy atom. The molecule has 3 rings (SSSR count). The number of esters is 2. The molecule has 0 saturated heterocycles. The van der Waals surface area contributed by atoms with E-state index in [2.05, 4.69) is 15.3 Å². The number of aromatic nitrogens is 2. The molecule has 8 heteroatoms. The molecular weight excluding hydrogens is 338 g/mol. The van der Waals surface area contributed by atoms with E-state index in [4.69, 9.17) is 9.47 Å². The Kier molecular flexibility index (Phi) is 4.57. The minimum absolute atomic E-state index is 0.0842. The lowest BCUT2D eigenvalue weighted by atomic mass is 10.0. The van der Waals surface area contributed by atoms with Gasteiger partial charge in [0.05, 0.1) is 49.4 Å². The van der Waals surface area contributed by atoms with Crippen molar-refractivity contribution in [3.63, 3.8) is 0 Å². The standard InChI is InChI=1S/C18H17N3O5/c1-9-11(7-15(22)25-2)16(18(24)26-3)13(20-9)6-12-10-4-5-19-8-14(10)21-17(12)23/h4-6,8,20H,7H2,1-3H3,(H,21,23). The highest BCUT2D eigenvalue weighted by molar-refractivity contribution is 6.35. The summed E-state index contributed by atoms with van der Waals surface area (Å²) < 4.78 is 9.55. The third-order valence-corrected chi connectivity index (χ3v) is 4.18. The largest absolute Gasteiger partial charge is 0.469 e. The van der Waals surface area contributed by atoms with Gasteiger partial charge in [-0.2, -0.15) is 0 Å².